The summed E-state index contributed by atoms with van der Waals surface area (Å²) in [4.78, 5) is 4.63. The summed E-state index contributed by atoms with van der Waals surface area (Å²) in [5.74, 6) is 0.278. The van der Waals surface area contributed by atoms with Crippen molar-refractivity contribution in [2.75, 3.05) is 11.3 Å². The van der Waals surface area contributed by atoms with Gasteiger partial charge in [-0.25, -0.2) is 4.99 Å². The molecule has 1 unspecified atom stereocenters. The number of aryl methyl sites for hydroxylation is 2. The third-order valence-electron chi connectivity index (χ3n) is 7.04. The summed E-state index contributed by atoms with van der Waals surface area (Å²) >= 11 is 0. The number of aliphatic imine (C=N–C) groups is 1. The van der Waals surface area contributed by atoms with Crippen LogP contribution >= 0.6 is 0 Å². The molecule has 0 amide bonds. The van der Waals surface area contributed by atoms with Gasteiger partial charge in [-0.05, 0) is 77.4 Å². The topological polar surface area (TPSA) is 85.0 Å². The lowest BCUT2D eigenvalue weighted by atomic mass is 9.88. The highest BCUT2D eigenvalue weighted by Gasteiger charge is 2.24. The molecule has 0 saturated carbocycles. The van der Waals surface area contributed by atoms with Crippen LogP contribution in [0, 0.1) is 0 Å². The highest BCUT2D eigenvalue weighted by Crippen LogP contribution is 2.37. The van der Waals surface area contributed by atoms with E-state index in [-0.39, 0.29) is 5.96 Å². The third-order valence-corrected chi connectivity index (χ3v) is 7.46. The van der Waals surface area contributed by atoms with Crippen molar-refractivity contribution in [1.82, 2.24) is 0 Å². The van der Waals surface area contributed by atoms with E-state index in [1.54, 1.807) is 0 Å². The molecule has 0 aromatic heterocycles. The molecule has 0 fully saturated rings. The van der Waals surface area contributed by atoms with E-state index < -0.39 is 10.1 Å². The first-order chi connectivity index (χ1) is 18.3. The van der Waals surface area contributed by atoms with Gasteiger partial charge in [-0.1, -0.05) is 80.1 Å². The van der Waals surface area contributed by atoms with E-state index >= 15 is 0 Å². The Balaban J connectivity index is 1.52. The number of rotatable bonds is 9. The van der Waals surface area contributed by atoms with Crippen LogP contribution in [0.3, 0.4) is 0 Å². The lowest BCUT2D eigenvalue weighted by Gasteiger charge is -2.23. The third kappa shape index (κ3) is 5.74. The van der Waals surface area contributed by atoms with Gasteiger partial charge in [0.1, 0.15) is 0 Å². The van der Waals surface area contributed by atoms with Crippen LogP contribution in [0.25, 0.3) is 10.8 Å². The second kappa shape index (κ2) is 11.0. The summed E-state index contributed by atoms with van der Waals surface area (Å²) in [7, 11) is -3.88. The van der Waals surface area contributed by atoms with Crippen molar-refractivity contribution in [1.29, 1.82) is 0 Å². The van der Waals surface area contributed by atoms with E-state index in [1.807, 2.05) is 48.5 Å². The van der Waals surface area contributed by atoms with Crippen molar-refractivity contribution in [3.63, 3.8) is 0 Å². The molecule has 2 N–H and O–H groups in total. The molecule has 1 atom stereocenters. The van der Waals surface area contributed by atoms with E-state index in [0.29, 0.717) is 17.3 Å². The fraction of sp³-hybridized carbons (Fsp3) is 0.258. The molecule has 196 valence electrons. The maximum absolute atomic E-state index is 12.3. The van der Waals surface area contributed by atoms with Crippen LogP contribution in [0.15, 0.2) is 89.9 Å². The predicted molar refractivity (Wildman–Crippen MR) is 155 cm³/mol. The fourth-order valence-corrected chi connectivity index (χ4v) is 5.83. The number of hydrogen-bond acceptors (Lipinski definition) is 4. The Morgan fingerprint density at radius 3 is 2.45 bits per heavy atom. The Kier molecular flexibility index (Phi) is 7.49. The number of anilines is 1. The molecule has 0 saturated heterocycles. The Morgan fingerprint density at radius 2 is 1.71 bits per heavy atom. The lowest BCUT2D eigenvalue weighted by molar-refractivity contribution is 0.336. The summed E-state index contributed by atoms with van der Waals surface area (Å²) < 4.78 is 29.9. The molecule has 6 nitrogen and oxygen atoms in total. The highest BCUT2D eigenvalue weighted by molar-refractivity contribution is 7.86. The molecular formula is C31H33N3O3S. The lowest BCUT2D eigenvalue weighted by Crippen LogP contribution is -2.39. The SMILES string of the molecule is CCCC(Cc1ccccc1)c1cccc(N=C(N)N(OS(C)(=O)=O)c2ccc3c4c(cccc24)CC3)c1. The molecule has 0 bridgehead atoms. The molecule has 38 heavy (non-hydrogen) atoms. The van der Waals surface area contributed by atoms with Gasteiger partial charge < -0.3 is 5.73 Å². The molecule has 0 radical (unpaired) electrons. The summed E-state index contributed by atoms with van der Waals surface area (Å²) in [5, 5.41) is 3.15. The standard InChI is InChI=1S/C31H33N3O3S/c1-3-9-25(20-22-10-5-4-6-11-22)26-13-7-14-27(21-26)33-31(32)34(37-38(2,35)36)29-19-18-24-17-16-23-12-8-15-28(29)30(23)24/h4-8,10-15,18-19,21,25H,3,9,16-17,20H2,1-2H3,(H2,32,33). The Morgan fingerprint density at radius 1 is 0.974 bits per heavy atom. The fourth-order valence-electron chi connectivity index (χ4n) is 5.41. The molecule has 0 heterocycles. The van der Waals surface area contributed by atoms with Crippen molar-refractivity contribution in [3.05, 3.63) is 107 Å². The van der Waals surface area contributed by atoms with Crippen LogP contribution in [0.4, 0.5) is 11.4 Å². The first-order valence-corrected chi connectivity index (χ1v) is 14.9. The Hall–Kier alpha value is -3.68. The number of guanidine groups is 1. The van der Waals surface area contributed by atoms with Gasteiger partial charge in [0.15, 0.2) is 0 Å². The summed E-state index contributed by atoms with van der Waals surface area (Å²) in [6.07, 6.45) is 5.96. The number of hydrogen-bond donors (Lipinski definition) is 1. The van der Waals surface area contributed by atoms with Crippen LogP contribution < -0.4 is 10.8 Å². The van der Waals surface area contributed by atoms with Gasteiger partial charge in [-0.15, -0.1) is 4.28 Å². The van der Waals surface area contributed by atoms with E-state index in [0.717, 1.165) is 54.2 Å². The van der Waals surface area contributed by atoms with Crippen LogP contribution in [0.5, 0.6) is 0 Å². The number of benzene rings is 4. The molecule has 1 aliphatic carbocycles. The molecule has 0 aliphatic heterocycles. The quantitative estimate of drug-likeness (QED) is 0.154. The minimum absolute atomic E-state index is 0.0543. The van der Waals surface area contributed by atoms with Crippen LogP contribution in [0.2, 0.25) is 0 Å². The Bertz CT molecular complexity index is 1570. The van der Waals surface area contributed by atoms with E-state index in [4.69, 9.17) is 10.0 Å². The molecule has 4 aromatic rings. The highest BCUT2D eigenvalue weighted by atomic mass is 32.2. The summed E-state index contributed by atoms with van der Waals surface area (Å²) in [5.41, 5.74) is 12.6. The van der Waals surface area contributed by atoms with Gasteiger partial charge in [-0.3, -0.25) is 0 Å². The molecular weight excluding hydrogens is 494 g/mol. The van der Waals surface area contributed by atoms with Gasteiger partial charge >= 0.3 is 0 Å². The van der Waals surface area contributed by atoms with Crippen LogP contribution in [-0.2, 0) is 33.7 Å². The largest absolute Gasteiger partial charge is 0.367 e. The van der Waals surface area contributed by atoms with Crippen molar-refractivity contribution in [2.24, 2.45) is 10.7 Å². The smallest absolute Gasteiger partial charge is 0.285 e. The zero-order valence-electron chi connectivity index (χ0n) is 21.8. The molecule has 0 spiro atoms. The minimum Gasteiger partial charge on any atom is -0.367 e. The van der Waals surface area contributed by atoms with Crippen LogP contribution in [0.1, 0.15) is 47.9 Å². The van der Waals surface area contributed by atoms with E-state index in [2.05, 4.69) is 48.3 Å². The molecule has 7 heteroatoms. The minimum atomic E-state index is -3.88. The number of nitrogens with two attached hydrogens (primary N) is 1. The maximum Gasteiger partial charge on any atom is 0.285 e. The molecule has 4 aromatic carbocycles. The zero-order chi connectivity index (χ0) is 26.7. The van der Waals surface area contributed by atoms with Gasteiger partial charge in [0, 0.05) is 5.39 Å². The average Bonchev–Trinajstić information content (AvgIpc) is 3.32. The summed E-state index contributed by atoms with van der Waals surface area (Å²) in [6, 6.07) is 28.4. The van der Waals surface area contributed by atoms with Gasteiger partial charge in [0.25, 0.3) is 10.1 Å². The van der Waals surface area contributed by atoms with E-state index in [1.165, 1.54) is 22.3 Å². The summed E-state index contributed by atoms with van der Waals surface area (Å²) in [6.45, 7) is 2.19. The number of hydroxylamine groups is 1. The first-order valence-electron chi connectivity index (χ1n) is 13.0. The van der Waals surface area contributed by atoms with Crippen molar-refractivity contribution < 1.29 is 12.7 Å². The van der Waals surface area contributed by atoms with Crippen molar-refractivity contribution >= 4 is 38.2 Å². The average molecular weight is 528 g/mol. The van der Waals surface area contributed by atoms with Crippen LogP contribution in [-0.4, -0.2) is 20.6 Å². The van der Waals surface area contributed by atoms with Gasteiger partial charge in [-0.2, -0.15) is 13.5 Å². The second-order valence-electron chi connectivity index (χ2n) is 9.90. The van der Waals surface area contributed by atoms with E-state index in [9.17, 15) is 8.42 Å². The Labute approximate surface area is 224 Å². The molecule has 1 aliphatic rings. The van der Waals surface area contributed by atoms with Crippen molar-refractivity contribution in [2.45, 2.75) is 44.9 Å². The maximum atomic E-state index is 12.3. The van der Waals surface area contributed by atoms with Crippen molar-refractivity contribution in [3.8, 4) is 0 Å². The van der Waals surface area contributed by atoms with Gasteiger partial charge in [0.2, 0.25) is 5.96 Å². The van der Waals surface area contributed by atoms with Gasteiger partial charge in [0.05, 0.1) is 17.6 Å². The first kappa shape index (κ1) is 25.9. The predicted octanol–water partition coefficient (Wildman–Crippen LogP) is 6.41. The number of nitrogens with zero attached hydrogens (tertiary/aromatic N) is 2. The normalized spacial score (nSPS) is 14.1. The zero-order valence-corrected chi connectivity index (χ0v) is 22.6. The molecule has 5 rings (SSSR count). The monoisotopic (exact) mass is 527 g/mol. The second-order valence-corrected chi connectivity index (χ2v) is 11.5.